The quantitative estimate of drug-likeness (QED) is 0.185. The molecule has 60 heavy (non-hydrogen) atoms. The average molecular weight is 856 g/mol. The normalized spacial score (nSPS) is 18.3. The summed E-state index contributed by atoms with van der Waals surface area (Å²) in [5.41, 5.74) is 21.5. The Kier molecular flexibility index (Phi) is 10.1. The second kappa shape index (κ2) is 15.2. The van der Waals surface area contributed by atoms with Crippen LogP contribution in [0.25, 0.3) is 33.4 Å². The number of fused-ring (bicyclic) bond motifs is 10. The number of ether oxygens (including phenoxy) is 2. The summed E-state index contributed by atoms with van der Waals surface area (Å²) in [6, 6.07) is 39.2. The molecule has 0 fully saturated rings. The van der Waals surface area contributed by atoms with Crippen molar-refractivity contribution in [2.45, 2.75) is 98.4 Å². The van der Waals surface area contributed by atoms with Crippen molar-refractivity contribution in [3.05, 3.63) is 176 Å². The Morgan fingerprint density at radius 1 is 0.500 bits per heavy atom. The summed E-state index contributed by atoms with van der Waals surface area (Å²) in [5, 5.41) is 7.42. The Morgan fingerprint density at radius 3 is 1.35 bits per heavy atom. The molecule has 2 atom stereocenters. The molecule has 0 saturated heterocycles. The van der Waals surface area contributed by atoms with Gasteiger partial charge in [-0.05, 0) is 143 Å². The molecule has 4 aliphatic heterocycles. The molecule has 2 N–H and O–H groups in total. The number of halogens is 1. The van der Waals surface area contributed by atoms with Crippen LogP contribution in [-0.4, -0.2) is 11.1 Å². The first-order chi connectivity index (χ1) is 28.6. The monoisotopic (exact) mass is 854 g/mol. The fourth-order valence-corrected chi connectivity index (χ4v) is 10.3. The van der Waals surface area contributed by atoms with Crippen LogP contribution in [0.3, 0.4) is 0 Å². The van der Waals surface area contributed by atoms with Gasteiger partial charge in [-0.15, -0.1) is 0 Å². The highest BCUT2D eigenvalue weighted by atomic mass is 79.9. The summed E-state index contributed by atoms with van der Waals surface area (Å²) in [6.45, 7) is 19.8. The van der Waals surface area contributed by atoms with Crippen LogP contribution >= 0.6 is 15.9 Å². The topological polar surface area (TPSA) is 42.5 Å². The van der Waals surface area contributed by atoms with Crippen molar-refractivity contribution in [1.29, 1.82) is 0 Å². The molecule has 4 heterocycles. The van der Waals surface area contributed by atoms with E-state index in [1.807, 2.05) is 0 Å². The summed E-state index contributed by atoms with van der Waals surface area (Å²) in [5.74, 6) is 1.97. The Morgan fingerprint density at radius 2 is 0.917 bits per heavy atom. The maximum atomic E-state index is 6.68. The molecule has 4 aliphatic rings. The molecule has 0 aliphatic carbocycles. The van der Waals surface area contributed by atoms with Crippen molar-refractivity contribution in [3.8, 4) is 33.8 Å². The molecule has 2 unspecified atom stereocenters. The standard InChI is InChI=1S/C28H29NO.C27H26BrNO/c1-17-9-11-20(12-10-17)15-24-27-21(25-18(2)7-6-8-23(25)30-24)13-14-22-26(27)19(3)16-28(4,5)29-22;1-16-6-5-7-22-24(16)20-12-13-21-25(17(2)15-27(3,4)29-21)26(20)23(30-22)14-18-8-10-19(28)11-9-18/h6-14,16,24,29H,15H2,1-5H3;5-13,15,23,29H,14H2,1-4H3. The Labute approximate surface area is 364 Å². The molecule has 0 amide bonds. The maximum Gasteiger partial charge on any atom is 0.129 e. The van der Waals surface area contributed by atoms with E-state index in [9.17, 15) is 0 Å². The number of nitrogens with one attached hydrogen (secondary N) is 2. The predicted molar refractivity (Wildman–Crippen MR) is 255 cm³/mol. The summed E-state index contributed by atoms with van der Waals surface area (Å²) in [6.07, 6.45) is 6.32. The Hall–Kier alpha value is -5.52. The van der Waals surface area contributed by atoms with Gasteiger partial charge in [0, 0.05) is 62.1 Å². The predicted octanol–water partition coefficient (Wildman–Crippen LogP) is 15.0. The molecule has 0 radical (unpaired) electrons. The summed E-state index contributed by atoms with van der Waals surface area (Å²) in [4.78, 5) is 0. The van der Waals surface area contributed by atoms with Crippen molar-refractivity contribution in [2.24, 2.45) is 0 Å². The van der Waals surface area contributed by atoms with Gasteiger partial charge in [-0.2, -0.15) is 0 Å². The molecule has 6 aromatic carbocycles. The largest absolute Gasteiger partial charge is 0.485 e. The average Bonchev–Trinajstić information content (AvgIpc) is 3.18. The molecule has 0 aromatic heterocycles. The molecular weight excluding hydrogens is 801 g/mol. The summed E-state index contributed by atoms with van der Waals surface area (Å²) < 4.78 is 14.5. The van der Waals surface area contributed by atoms with Gasteiger partial charge in [0.15, 0.2) is 0 Å². The maximum absolute atomic E-state index is 6.68. The van der Waals surface area contributed by atoms with Gasteiger partial charge in [0.1, 0.15) is 23.7 Å². The molecule has 0 bridgehead atoms. The molecule has 10 rings (SSSR count). The number of hydrogen-bond donors (Lipinski definition) is 2. The highest BCUT2D eigenvalue weighted by molar-refractivity contribution is 9.10. The van der Waals surface area contributed by atoms with E-state index in [0.29, 0.717) is 0 Å². The van der Waals surface area contributed by atoms with E-state index in [1.165, 1.54) is 94.8 Å². The van der Waals surface area contributed by atoms with Gasteiger partial charge in [-0.25, -0.2) is 0 Å². The van der Waals surface area contributed by atoms with E-state index >= 15 is 0 Å². The summed E-state index contributed by atoms with van der Waals surface area (Å²) in [7, 11) is 0. The minimum Gasteiger partial charge on any atom is -0.485 e. The third kappa shape index (κ3) is 7.47. The minimum absolute atomic E-state index is 0.0154. The minimum atomic E-state index is -0.0597. The van der Waals surface area contributed by atoms with Crippen molar-refractivity contribution in [3.63, 3.8) is 0 Å². The molecule has 0 saturated carbocycles. The first-order valence-corrected chi connectivity index (χ1v) is 22.1. The molecule has 0 spiro atoms. The van der Waals surface area contributed by atoms with Gasteiger partial charge in [0.2, 0.25) is 0 Å². The van der Waals surface area contributed by atoms with Gasteiger partial charge < -0.3 is 20.1 Å². The second-order valence-corrected chi connectivity index (χ2v) is 19.3. The molecule has 6 aromatic rings. The zero-order valence-electron chi connectivity index (χ0n) is 36.3. The zero-order valence-corrected chi connectivity index (χ0v) is 37.9. The van der Waals surface area contributed by atoms with Gasteiger partial charge >= 0.3 is 0 Å². The van der Waals surface area contributed by atoms with Crippen molar-refractivity contribution in [2.75, 3.05) is 10.6 Å². The van der Waals surface area contributed by atoms with Crippen LogP contribution in [0.1, 0.15) is 104 Å². The molecule has 304 valence electrons. The van der Waals surface area contributed by atoms with Crippen LogP contribution in [0.5, 0.6) is 11.5 Å². The number of allylic oxidation sites excluding steroid dienone is 2. The summed E-state index contributed by atoms with van der Waals surface area (Å²) >= 11 is 3.55. The number of hydrogen-bond acceptors (Lipinski definition) is 4. The van der Waals surface area contributed by atoms with Gasteiger partial charge in [-0.3, -0.25) is 0 Å². The van der Waals surface area contributed by atoms with Crippen molar-refractivity contribution >= 4 is 38.5 Å². The molecular formula is C55H55BrN2O2. The lowest BCUT2D eigenvalue weighted by atomic mass is 9.80. The van der Waals surface area contributed by atoms with E-state index in [2.05, 4.69) is 210 Å². The molecule has 4 nitrogen and oxygen atoms in total. The highest BCUT2D eigenvalue weighted by Gasteiger charge is 2.36. The Balaban J connectivity index is 0.000000154. The third-order valence-electron chi connectivity index (χ3n) is 12.4. The van der Waals surface area contributed by atoms with E-state index < -0.39 is 0 Å². The fraction of sp³-hybridized carbons (Fsp3) is 0.273. The van der Waals surface area contributed by atoms with Crippen LogP contribution in [0.2, 0.25) is 0 Å². The number of benzene rings is 6. The lowest BCUT2D eigenvalue weighted by Gasteiger charge is -2.37. The zero-order chi connectivity index (χ0) is 42.1. The number of anilines is 2. The van der Waals surface area contributed by atoms with Crippen molar-refractivity contribution < 1.29 is 9.47 Å². The fourth-order valence-electron chi connectivity index (χ4n) is 10.0. The lowest BCUT2D eigenvalue weighted by Crippen LogP contribution is -2.32. The van der Waals surface area contributed by atoms with Gasteiger partial charge in [-0.1, -0.05) is 106 Å². The second-order valence-electron chi connectivity index (χ2n) is 18.4. The first kappa shape index (κ1) is 39.9. The first-order valence-electron chi connectivity index (χ1n) is 21.3. The SMILES string of the molecule is CC1=CC(C)(C)Nc2ccc3c(c21)C(Cc1ccc(Br)cc1)Oc1cccc(C)c1-3.CC1=CC(C)(C)Nc2ccc3c(c21)C(Cc1ccc(C)cc1)Oc1cccc(C)c1-3. The van der Waals surface area contributed by atoms with E-state index in [1.54, 1.807) is 0 Å². The van der Waals surface area contributed by atoms with Gasteiger partial charge in [0.25, 0.3) is 0 Å². The van der Waals surface area contributed by atoms with Crippen LogP contribution in [0.4, 0.5) is 11.4 Å². The number of aryl methyl sites for hydroxylation is 3. The van der Waals surface area contributed by atoms with Crippen LogP contribution in [-0.2, 0) is 12.8 Å². The van der Waals surface area contributed by atoms with Crippen LogP contribution in [0.15, 0.2) is 126 Å². The number of rotatable bonds is 4. The smallest absolute Gasteiger partial charge is 0.129 e. The highest BCUT2D eigenvalue weighted by Crippen LogP contribution is 2.52. The third-order valence-corrected chi connectivity index (χ3v) is 12.9. The van der Waals surface area contributed by atoms with E-state index in [4.69, 9.17) is 9.47 Å². The molecule has 5 heteroatoms. The lowest BCUT2D eigenvalue weighted by molar-refractivity contribution is 0.202. The van der Waals surface area contributed by atoms with Crippen LogP contribution in [0, 0.1) is 20.8 Å². The van der Waals surface area contributed by atoms with E-state index in [-0.39, 0.29) is 23.3 Å². The Bertz CT molecular complexity index is 2530. The van der Waals surface area contributed by atoms with Gasteiger partial charge in [0.05, 0.1) is 11.1 Å². The van der Waals surface area contributed by atoms with Crippen LogP contribution < -0.4 is 20.1 Å². The van der Waals surface area contributed by atoms with E-state index in [0.717, 1.165) is 28.8 Å². The van der Waals surface area contributed by atoms with Crippen molar-refractivity contribution in [1.82, 2.24) is 0 Å².